The molecule has 2 unspecified atom stereocenters. The number of methoxy groups -OCH3 is 1. The predicted octanol–water partition coefficient (Wildman–Crippen LogP) is 3.13. The van der Waals surface area contributed by atoms with Crippen LogP contribution in [0.1, 0.15) is 25.8 Å². The Morgan fingerprint density at radius 2 is 2.18 bits per heavy atom. The van der Waals surface area contributed by atoms with Crippen molar-refractivity contribution in [3.8, 4) is 5.75 Å². The monoisotopic (exact) mass is 254 g/mol. The van der Waals surface area contributed by atoms with Gasteiger partial charge in [0.05, 0.1) is 13.2 Å². The highest BCUT2D eigenvalue weighted by Gasteiger charge is 2.08. The third-order valence-electron chi connectivity index (χ3n) is 2.75. The quantitative estimate of drug-likeness (QED) is 0.810. The Bertz CT molecular complexity index is 328. The summed E-state index contributed by atoms with van der Waals surface area (Å²) in [6, 6.07) is 7.89. The fourth-order valence-electron chi connectivity index (χ4n) is 1.52. The zero-order valence-electron chi connectivity index (χ0n) is 10.8. The summed E-state index contributed by atoms with van der Waals surface area (Å²) in [6.45, 7) is 4.37. The molecule has 0 aliphatic heterocycles. The number of aliphatic hydroxyl groups excluding tert-OH is 1. The summed E-state index contributed by atoms with van der Waals surface area (Å²) in [4.78, 5) is 0. The molecule has 0 amide bonds. The van der Waals surface area contributed by atoms with Gasteiger partial charge in [-0.3, -0.25) is 0 Å². The molecule has 1 aromatic rings. The molecule has 1 N–H and O–H groups in total. The second kappa shape index (κ2) is 7.62. The molecule has 0 aliphatic carbocycles. The minimum absolute atomic E-state index is 0.277. The van der Waals surface area contributed by atoms with Crippen molar-refractivity contribution in [2.75, 3.05) is 12.9 Å². The molecule has 0 radical (unpaired) electrons. The van der Waals surface area contributed by atoms with Crippen LogP contribution in [0.5, 0.6) is 5.75 Å². The number of aliphatic hydroxyl groups is 1. The van der Waals surface area contributed by atoms with Crippen LogP contribution in [0, 0.1) is 0 Å². The van der Waals surface area contributed by atoms with Crippen molar-refractivity contribution in [3.63, 3.8) is 0 Å². The molecule has 0 saturated heterocycles. The summed E-state index contributed by atoms with van der Waals surface area (Å²) in [7, 11) is 1.66. The van der Waals surface area contributed by atoms with E-state index in [1.165, 1.54) is 0 Å². The lowest BCUT2D eigenvalue weighted by Crippen LogP contribution is -2.15. The highest BCUT2D eigenvalue weighted by molar-refractivity contribution is 7.99. The van der Waals surface area contributed by atoms with Gasteiger partial charge in [0, 0.05) is 11.0 Å². The van der Waals surface area contributed by atoms with E-state index in [9.17, 15) is 5.11 Å². The standard InChI is InChI=1S/C14H22O2S/c1-4-11(2)17-10-13(15)8-12-6-5-7-14(9-12)16-3/h5-7,9,11,13,15H,4,8,10H2,1-3H3. The fourth-order valence-corrected chi connectivity index (χ4v) is 2.43. The normalized spacial score (nSPS) is 14.4. The minimum atomic E-state index is -0.277. The molecular weight excluding hydrogens is 232 g/mol. The molecule has 0 saturated carbocycles. The molecule has 17 heavy (non-hydrogen) atoms. The van der Waals surface area contributed by atoms with Gasteiger partial charge in [-0.1, -0.05) is 26.0 Å². The van der Waals surface area contributed by atoms with Gasteiger partial charge < -0.3 is 9.84 Å². The lowest BCUT2D eigenvalue weighted by molar-refractivity contribution is 0.200. The molecule has 1 aromatic carbocycles. The van der Waals surface area contributed by atoms with Crippen molar-refractivity contribution in [1.29, 1.82) is 0 Å². The Kier molecular flexibility index (Phi) is 6.45. The van der Waals surface area contributed by atoms with Gasteiger partial charge in [-0.05, 0) is 30.5 Å². The Morgan fingerprint density at radius 1 is 1.41 bits per heavy atom. The van der Waals surface area contributed by atoms with E-state index in [4.69, 9.17) is 4.74 Å². The van der Waals surface area contributed by atoms with Crippen molar-refractivity contribution in [1.82, 2.24) is 0 Å². The van der Waals surface area contributed by atoms with Crippen LogP contribution in [-0.2, 0) is 6.42 Å². The SMILES string of the molecule is CCC(C)SCC(O)Cc1cccc(OC)c1. The van der Waals surface area contributed by atoms with E-state index < -0.39 is 0 Å². The van der Waals surface area contributed by atoms with Gasteiger partial charge in [-0.15, -0.1) is 0 Å². The van der Waals surface area contributed by atoms with Gasteiger partial charge in [0.2, 0.25) is 0 Å². The topological polar surface area (TPSA) is 29.5 Å². The maximum atomic E-state index is 9.95. The van der Waals surface area contributed by atoms with E-state index >= 15 is 0 Å². The van der Waals surface area contributed by atoms with Gasteiger partial charge in [-0.2, -0.15) is 11.8 Å². The highest BCUT2D eigenvalue weighted by Crippen LogP contribution is 2.18. The van der Waals surface area contributed by atoms with Crippen LogP contribution in [0.15, 0.2) is 24.3 Å². The lowest BCUT2D eigenvalue weighted by Gasteiger charge is -2.14. The predicted molar refractivity (Wildman–Crippen MR) is 74.9 cm³/mol. The van der Waals surface area contributed by atoms with Gasteiger partial charge in [0.1, 0.15) is 5.75 Å². The summed E-state index contributed by atoms with van der Waals surface area (Å²) >= 11 is 1.83. The van der Waals surface area contributed by atoms with Crippen LogP contribution in [0.2, 0.25) is 0 Å². The zero-order valence-corrected chi connectivity index (χ0v) is 11.7. The average Bonchev–Trinajstić information content (AvgIpc) is 2.36. The number of rotatable bonds is 7. The van der Waals surface area contributed by atoms with E-state index in [1.807, 2.05) is 36.0 Å². The number of ether oxygens (including phenoxy) is 1. The summed E-state index contributed by atoms with van der Waals surface area (Å²) in [5.74, 6) is 1.65. The third-order valence-corrected chi connectivity index (χ3v) is 4.23. The van der Waals surface area contributed by atoms with Crippen LogP contribution in [0.25, 0.3) is 0 Å². The molecular formula is C14H22O2S. The molecule has 0 fully saturated rings. The van der Waals surface area contributed by atoms with Crippen molar-refractivity contribution in [2.45, 2.75) is 38.0 Å². The van der Waals surface area contributed by atoms with Crippen molar-refractivity contribution in [3.05, 3.63) is 29.8 Å². The van der Waals surface area contributed by atoms with E-state index in [0.717, 1.165) is 23.5 Å². The fraction of sp³-hybridized carbons (Fsp3) is 0.571. The van der Waals surface area contributed by atoms with Crippen LogP contribution in [-0.4, -0.2) is 29.3 Å². The Morgan fingerprint density at radius 3 is 2.82 bits per heavy atom. The molecule has 0 bridgehead atoms. The van der Waals surface area contributed by atoms with Crippen molar-refractivity contribution < 1.29 is 9.84 Å². The first-order valence-electron chi connectivity index (χ1n) is 6.08. The van der Waals surface area contributed by atoms with Crippen LogP contribution in [0.4, 0.5) is 0 Å². The smallest absolute Gasteiger partial charge is 0.119 e. The first kappa shape index (κ1) is 14.4. The Hall–Kier alpha value is -0.670. The summed E-state index contributed by atoms with van der Waals surface area (Å²) < 4.78 is 5.17. The number of benzene rings is 1. The molecule has 1 rings (SSSR count). The molecule has 0 heterocycles. The van der Waals surface area contributed by atoms with Gasteiger partial charge in [0.25, 0.3) is 0 Å². The molecule has 2 nitrogen and oxygen atoms in total. The molecule has 96 valence electrons. The third kappa shape index (κ3) is 5.46. The number of hydrogen-bond acceptors (Lipinski definition) is 3. The first-order chi connectivity index (χ1) is 8.15. The average molecular weight is 254 g/mol. The van der Waals surface area contributed by atoms with E-state index in [-0.39, 0.29) is 6.10 Å². The van der Waals surface area contributed by atoms with Crippen molar-refractivity contribution >= 4 is 11.8 Å². The van der Waals surface area contributed by atoms with Gasteiger partial charge in [0.15, 0.2) is 0 Å². The van der Waals surface area contributed by atoms with Crippen LogP contribution in [0.3, 0.4) is 0 Å². The number of thioether (sulfide) groups is 1. The zero-order chi connectivity index (χ0) is 12.7. The first-order valence-corrected chi connectivity index (χ1v) is 7.13. The molecule has 0 spiro atoms. The number of hydrogen-bond donors (Lipinski definition) is 1. The molecule has 3 heteroatoms. The van der Waals surface area contributed by atoms with Gasteiger partial charge in [-0.25, -0.2) is 0 Å². The van der Waals surface area contributed by atoms with E-state index in [2.05, 4.69) is 13.8 Å². The largest absolute Gasteiger partial charge is 0.497 e. The molecule has 0 aromatic heterocycles. The Balaban J connectivity index is 2.41. The van der Waals surface area contributed by atoms with E-state index in [1.54, 1.807) is 7.11 Å². The molecule has 2 atom stereocenters. The summed E-state index contributed by atoms with van der Waals surface area (Å²) in [5, 5.41) is 10.6. The van der Waals surface area contributed by atoms with Crippen LogP contribution < -0.4 is 4.74 Å². The molecule has 0 aliphatic rings. The minimum Gasteiger partial charge on any atom is -0.497 e. The maximum absolute atomic E-state index is 9.95. The van der Waals surface area contributed by atoms with Crippen molar-refractivity contribution in [2.24, 2.45) is 0 Å². The summed E-state index contributed by atoms with van der Waals surface area (Å²) in [6.07, 6.45) is 1.57. The van der Waals surface area contributed by atoms with Gasteiger partial charge >= 0.3 is 0 Å². The van der Waals surface area contributed by atoms with Crippen LogP contribution >= 0.6 is 11.8 Å². The lowest BCUT2D eigenvalue weighted by atomic mass is 10.1. The maximum Gasteiger partial charge on any atom is 0.119 e. The summed E-state index contributed by atoms with van der Waals surface area (Å²) in [5.41, 5.74) is 1.13. The Labute approximate surface area is 108 Å². The highest BCUT2D eigenvalue weighted by atomic mass is 32.2. The van der Waals surface area contributed by atoms with E-state index in [0.29, 0.717) is 11.7 Å². The second-order valence-electron chi connectivity index (χ2n) is 4.26. The second-order valence-corrected chi connectivity index (χ2v) is 5.73.